The Morgan fingerprint density at radius 1 is 1.02 bits per heavy atom. The van der Waals surface area contributed by atoms with Crippen molar-refractivity contribution in [1.82, 2.24) is 14.8 Å². The summed E-state index contributed by atoms with van der Waals surface area (Å²) >= 11 is 0. The molecule has 8 heteroatoms. The van der Waals surface area contributed by atoms with Gasteiger partial charge in [0.05, 0.1) is 12.3 Å². The van der Waals surface area contributed by atoms with Gasteiger partial charge in [0, 0.05) is 48.0 Å². The minimum Gasteiger partial charge on any atom is -0.462 e. The molecule has 1 saturated heterocycles. The molecule has 0 unspecified atom stereocenters. The van der Waals surface area contributed by atoms with Gasteiger partial charge in [-0.2, -0.15) is 0 Å². The third kappa shape index (κ3) is 5.48. The summed E-state index contributed by atoms with van der Waals surface area (Å²) in [5, 5.41) is 6.12. The Balaban J connectivity index is 1.37. The van der Waals surface area contributed by atoms with Gasteiger partial charge >= 0.3 is 5.97 Å². The van der Waals surface area contributed by atoms with E-state index in [9.17, 15) is 9.59 Å². The molecule has 6 rings (SSSR count). The predicted octanol–water partition coefficient (Wildman–Crippen LogP) is 6.84. The van der Waals surface area contributed by atoms with Gasteiger partial charge in [0.15, 0.2) is 5.82 Å². The van der Waals surface area contributed by atoms with Gasteiger partial charge in [-0.15, -0.1) is 5.10 Å². The van der Waals surface area contributed by atoms with E-state index in [0.29, 0.717) is 43.4 Å². The van der Waals surface area contributed by atoms with Crippen LogP contribution in [-0.2, 0) is 14.3 Å². The first kappa shape index (κ1) is 28.2. The zero-order valence-corrected chi connectivity index (χ0v) is 24.8. The summed E-state index contributed by atoms with van der Waals surface area (Å²) in [5.41, 5.74) is 5.57. The van der Waals surface area contributed by atoms with Crippen LogP contribution >= 0.6 is 0 Å². The molecular weight excluding hydrogens is 528 g/mol. The van der Waals surface area contributed by atoms with Crippen LogP contribution in [0.4, 0.5) is 5.82 Å². The highest BCUT2D eigenvalue weighted by atomic mass is 16.5. The number of amides is 1. The molecule has 0 spiro atoms. The minimum absolute atomic E-state index is 0.0641. The molecular formula is C34H40N4O4. The Labute approximate surface area is 247 Å². The molecule has 1 aliphatic carbocycles. The Bertz CT molecular complexity index is 1560. The smallest absolute Gasteiger partial charge is 0.343 e. The SMILES string of the molecule is CCOC(=O)c1cn(-c2ccc(-c3[nH]c4ccccc4c3C)cc2)nc1N(C(=O)[C@H]1CC[C@H](C)CC1)C1CCOCC1. The van der Waals surface area contributed by atoms with Gasteiger partial charge in [-0.1, -0.05) is 37.3 Å². The normalized spacial score (nSPS) is 19.6. The van der Waals surface area contributed by atoms with Crippen molar-refractivity contribution in [3.05, 3.63) is 65.9 Å². The highest BCUT2D eigenvalue weighted by molar-refractivity contribution is 6.02. The number of hydrogen-bond donors (Lipinski definition) is 1. The molecule has 2 fully saturated rings. The van der Waals surface area contributed by atoms with Crippen molar-refractivity contribution in [1.29, 1.82) is 0 Å². The summed E-state index contributed by atoms with van der Waals surface area (Å²) in [6, 6.07) is 16.3. The Morgan fingerprint density at radius 3 is 2.43 bits per heavy atom. The van der Waals surface area contributed by atoms with Crippen molar-refractivity contribution in [2.45, 2.75) is 65.3 Å². The number of carbonyl (C=O) groups excluding carboxylic acids is 2. The quantitative estimate of drug-likeness (QED) is 0.247. The maximum absolute atomic E-state index is 14.2. The molecule has 8 nitrogen and oxygen atoms in total. The number of para-hydroxylation sites is 1. The van der Waals surface area contributed by atoms with Gasteiger partial charge in [-0.3, -0.25) is 9.69 Å². The summed E-state index contributed by atoms with van der Waals surface area (Å²) in [4.78, 5) is 32.8. The van der Waals surface area contributed by atoms with E-state index in [0.717, 1.165) is 48.1 Å². The third-order valence-corrected chi connectivity index (χ3v) is 8.96. The number of aryl methyl sites for hydroxylation is 1. The second-order valence-electron chi connectivity index (χ2n) is 11.8. The van der Waals surface area contributed by atoms with E-state index in [1.165, 1.54) is 10.9 Å². The van der Waals surface area contributed by atoms with E-state index in [1.807, 2.05) is 23.1 Å². The summed E-state index contributed by atoms with van der Waals surface area (Å²) in [7, 11) is 0. The fourth-order valence-electron chi connectivity index (χ4n) is 6.48. The number of benzene rings is 2. The topological polar surface area (TPSA) is 89.5 Å². The van der Waals surface area contributed by atoms with Gasteiger partial charge in [0.2, 0.25) is 5.91 Å². The van der Waals surface area contributed by atoms with Crippen molar-refractivity contribution >= 4 is 28.6 Å². The first-order chi connectivity index (χ1) is 20.4. The van der Waals surface area contributed by atoms with Crippen molar-refractivity contribution < 1.29 is 19.1 Å². The number of aromatic amines is 1. The highest BCUT2D eigenvalue weighted by Crippen LogP contribution is 2.35. The number of fused-ring (bicyclic) bond motifs is 1. The van der Waals surface area contributed by atoms with E-state index in [-0.39, 0.29) is 24.5 Å². The number of nitrogens with one attached hydrogen (secondary N) is 1. The van der Waals surface area contributed by atoms with E-state index in [4.69, 9.17) is 14.6 Å². The van der Waals surface area contributed by atoms with Crippen molar-refractivity contribution in [3.8, 4) is 16.9 Å². The van der Waals surface area contributed by atoms with E-state index >= 15 is 0 Å². The third-order valence-electron chi connectivity index (χ3n) is 8.96. The van der Waals surface area contributed by atoms with Crippen molar-refractivity contribution in [3.63, 3.8) is 0 Å². The summed E-state index contributed by atoms with van der Waals surface area (Å²) < 4.78 is 12.8. The first-order valence-corrected chi connectivity index (χ1v) is 15.3. The highest BCUT2D eigenvalue weighted by Gasteiger charge is 2.37. The van der Waals surface area contributed by atoms with Crippen LogP contribution < -0.4 is 4.90 Å². The molecule has 0 radical (unpaired) electrons. The number of rotatable bonds is 7. The number of H-pyrrole nitrogens is 1. The molecule has 1 amide bonds. The second kappa shape index (κ2) is 12.1. The molecule has 42 heavy (non-hydrogen) atoms. The number of carbonyl (C=O) groups is 2. The maximum atomic E-state index is 14.2. The molecule has 1 aliphatic heterocycles. The molecule has 4 aromatic rings. The first-order valence-electron chi connectivity index (χ1n) is 15.3. The average molecular weight is 569 g/mol. The molecule has 0 atom stereocenters. The summed E-state index contributed by atoms with van der Waals surface area (Å²) in [6.07, 6.45) is 6.94. The van der Waals surface area contributed by atoms with Gasteiger partial charge in [0.25, 0.3) is 0 Å². The lowest BCUT2D eigenvalue weighted by atomic mass is 9.82. The molecule has 3 heterocycles. The number of ether oxygens (including phenoxy) is 2. The number of anilines is 1. The maximum Gasteiger partial charge on any atom is 0.343 e. The van der Waals surface area contributed by atoms with Gasteiger partial charge in [-0.25, -0.2) is 9.48 Å². The Morgan fingerprint density at radius 2 is 1.74 bits per heavy atom. The van der Waals surface area contributed by atoms with Crippen LogP contribution in [0, 0.1) is 18.8 Å². The lowest BCUT2D eigenvalue weighted by molar-refractivity contribution is -0.124. The van der Waals surface area contributed by atoms with Crippen LogP contribution in [0.15, 0.2) is 54.7 Å². The molecule has 0 bridgehead atoms. The summed E-state index contributed by atoms with van der Waals surface area (Å²) in [6.45, 7) is 7.58. The molecule has 2 aromatic heterocycles. The van der Waals surface area contributed by atoms with E-state index in [1.54, 1.807) is 17.8 Å². The summed E-state index contributed by atoms with van der Waals surface area (Å²) in [5.74, 6) is 0.555. The van der Waals surface area contributed by atoms with Crippen LogP contribution in [0.3, 0.4) is 0 Å². The largest absolute Gasteiger partial charge is 0.462 e. The number of aromatic nitrogens is 3. The second-order valence-corrected chi connectivity index (χ2v) is 11.8. The zero-order chi connectivity index (χ0) is 29.2. The monoisotopic (exact) mass is 568 g/mol. The minimum atomic E-state index is -0.466. The Kier molecular flexibility index (Phi) is 8.16. The van der Waals surface area contributed by atoms with Crippen molar-refractivity contribution in [2.24, 2.45) is 11.8 Å². The average Bonchev–Trinajstić information content (AvgIpc) is 3.60. The number of hydrogen-bond acceptors (Lipinski definition) is 5. The fourth-order valence-corrected chi connectivity index (χ4v) is 6.48. The van der Waals surface area contributed by atoms with Crippen LogP contribution in [0.5, 0.6) is 0 Å². The van der Waals surface area contributed by atoms with E-state index < -0.39 is 5.97 Å². The van der Waals surface area contributed by atoms with Crippen LogP contribution in [0.1, 0.15) is 68.3 Å². The zero-order valence-electron chi connectivity index (χ0n) is 24.8. The molecule has 220 valence electrons. The van der Waals surface area contributed by atoms with Gasteiger partial charge in [0.1, 0.15) is 5.56 Å². The lowest BCUT2D eigenvalue weighted by Gasteiger charge is -2.37. The molecule has 1 N–H and O–H groups in total. The van der Waals surface area contributed by atoms with Crippen molar-refractivity contribution in [2.75, 3.05) is 24.7 Å². The van der Waals surface area contributed by atoms with Crippen LogP contribution in [-0.4, -0.2) is 52.5 Å². The van der Waals surface area contributed by atoms with Gasteiger partial charge < -0.3 is 14.5 Å². The van der Waals surface area contributed by atoms with Gasteiger partial charge in [-0.05, 0) is 87.6 Å². The standard InChI is InChI=1S/C34H40N4O4/c1-4-42-34(40)29-21-37(26-15-13-24(14-16-26)31-23(3)28-7-5-6-8-30(28)35-31)36-32(29)38(27-17-19-41-20-18-27)33(39)25-11-9-22(2)10-12-25/h5-8,13-16,21-22,25,27,35H,4,9-12,17-20H2,1-3H3/t22-,25-. The molecule has 1 saturated carbocycles. The number of nitrogens with zero attached hydrogens (tertiary/aromatic N) is 3. The molecule has 2 aliphatic rings. The fraction of sp³-hybridized carbons (Fsp3) is 0.441. The Hall–Kier alpha value is -3.91. The van der Waals surface area contributed by atoms with Crippen LogP contribution in [0.25, 0.3) is 27.8 Å². The van der Waals surface area contributed by atoms with Crippen LogP contribution in [0.2, 0.25) is 0 Å². The molecule has 2 aromatic carbocycles. The number of esters is 1. The lowest BCUT2D eigenvalue weighted by Crippen LogP contribution is -2.47. The predicted molar refractivity (Wildman–Crippen MR) is 164 cm³/mol. The van der Waals surface area contributed by atoms with E-state index in [2.05, 4.69) is 49.2 Å².